The molecule has 0 aromatic carbocycles. The van der Waals surface area contributed by atoms with E-state index in [4.69, 9.17) is 5.84 Å². The highest BCUT2D eigenvalue weighted by Crippen LogP contribution is 2.29. The van der Waals surface area contributed by atoms with Gasteiger partial charge in [0.1, 0.15) is 5.82 Å². The van der Waals surface area contributed by atoms with Crippen LogP contribution in [-0.2, 0) is 0 Å². The van der Waals surface area contributed by atoms with Crippen LogP contribution in [0.15, 0.2) is 12.1 Å². The predicted octanol–water partition coefficient (Wildman–Crippen LogP) is 2.89. The van der Waals surface area contributed by atoms with E-state index in [1.165, 1.54) is 0 Å². The second-order valence-corrected chi connectivity index (χ2v) is 6.17. The van der Waals surface area contributed by atoms with Crippen LogP contribution in [0.5, 0.6) is 0 Å². The second-order valence-electron chi connectivity index (χ2n) is 6.17. The Kier molecular flexibility index (Phi) is 4.83. The number of pyridine rings is 1. The van der Waals surface area contributed by atoms with Crippen LogP contribution in [0.4, 0.5) is 5.82 Å². The third-order valence-corrected chi connectivity index (χ3v) is 4.32. The van der Waals surface area contributed by atoms with E-state index in [0.29, 0.717) is 23.5 Å². The van der Waals surface area contributed by atoms with Crippen molar-refractivity contribution in [3.63, 3.8) is 0 Å². The quantitative estimate of drug-likeness (QED) is 0.660. The summed E-state index contributed by atoms with van der Waals surface area (Å²) in [4.78, 5) is 19.3. The first kappa shape index (κ1) is 15.8. The lowest BCUT2D eigenvalue weighted by molar-refractivity contribution is 0.0676. The molecular formula is C16H26N4O. The van der Waals surface area contributed by atoms with Gasteiger partial charge < -0.3 is 10.3 Å². The van der Waals surface area contributed by atoms with Crippen molar-refractivity contribution in [3.8, 4) is 0 Å². The number of nitrogen functional groups attached to an aromatic ring is 1. The van der Waals surface area contributed by atoms with E-state index in [-0.39, 0.29) is 11.8 Å². The Morgan fingerprint density at radius 3 is 2.76 bits per heavy atom. The number of likely N-dealkylation sites (tertiary alicyclic amines) is 1. The Balaban J connectivity index is 2.36. The largest absolute Gasteiger partial charge is 0.333 e. The van der Waals surface area contributed by atoms with Gasteiger partial charge in [0, 0.05) is 23.3 Å². The highest BCUT2D eigenvalue weighted by atomic mass is 16.2. The summed E-state index contributed by atoms with van der Waals surface area (Å²) in [7, 11) is 0. The molecule has 1 amide bonds. The summed E-state index contributed by atoms with van der Waals surface area (Å²) < 4.78 is 0. The maximum Gasteiger partial charge on any atom is 0.254 e. The monoisotopic (exact) mass is 290 g/mol. The van der Waals surface area contributed by atoms with E-state index in [1.54, 1.807) is 6.07 Å². The number of carbonyl (C=O) groups is 1. The van der Waals surface area contributed by atoms with Gasteiger partial charge in [-0.2, -0.15) is 0 Å². The maximum absolute atomic E-state index is 12.9. The molecule has 0 aliphatic carbocycles. The van der Waals surface area contributed by atoms with E-state index in [9.17, 15) is 4.79 Å². The molecule has 1 fully saturated rings. The lowest BCUT2D eigenvalue weighted by Crippen LogP contribution is -2.39. The molecule has 5 heteroatoms. The lowest BCUT2D eigenvalue weighted by atomic mass is 10.1. The summed E-state index contributed by atoms with van der Waals surface area (Å²) in [5.41, 5.74) is 4.12. The molecule has 0 bridgehead atoms. The SMILES string of the molecule is CCC1CCC(C)N1C(=O)c1cc(NN)nc(C(C)C)c1. The van der Waals surface area contributed by atoms with Crippen molar-refractivity contribution >= 4 is 11.7 Å². The number of anilines is 1. The Morgan fingerprint density at radius 2 is 2.19 bits per heavy atom. The minimum atomic E-state index is 0.0904. The number of amides is 1. The molecule has 1 aliphatic heterocycles. The minimum absolute atomic E-state index is 0.0904. The molecule has 1 saturated heterocycles. The molecule has 1 aliphatic rings. The van der Waals surface area contributed by atoms with Crippen molar-refractivity contribution in [2.24, 2.45) is 5.84 Å². The molecule has 1 aromatic rings. The Hall–Kier alpha value is -1.62. The first-order valence-corrected chi connectivity index (χ1v) is 7.79. The fourth-order valence-corrected chi connectivity index (χ4v) is 3.03. The van der Waals surface area contributed by atoms with Crippen molar-refractivity contribution < 1.29 is 4.79 Å². The van der Waals surface area contributed by atoms with Crippen LogP contribution in [0.25, 0.3) is 0 Å². The zero-order valence-corrected chi connectivity index (χ0v) is 13.4. The highest BCUT2D eigenvalue weighted by Gasteiger charge is 2.33. The number of hydrogen-bond acceptors (Lipinski definition) is 4. The second kappa shape index (κ2) is 6.43. The number of nitrogens with one attached hydrogen (secondary N) is 1. The van der Waals surface area contributed by atoms with Crippen LogP contribution in [0, 0.1) is 0 Å². The molecular weight excluding hydrogens is 264 g/mol. The Bertz CT molecular complexity index is 515. The van der Waals surface area contributed by atoms with Crippen LogP contribution in [-0.4, -0.2) is 27.9 Å². The average molecular weight is 290 g/mol. The molecule has 2 unspecified atom stereocenters. The van der Waals surface area contributed by atoms with Gasteiger partial charge in [-0.15, -0.1) is 0 Å². The molecule has 1 aromatic heterocycles. The highest BCUT2D eigenvalue weighted by molar-refractivity contribution is 5.95. The van der Waals surface area contributed by atoms with E-state index in [0.717, 1.165) is 25.0 Å². The van der Waals surface area contributed by atoms with Crippen LogP contribution < -0.4 is 11.3 Å². The number of hydrazine groups is 1. The number of aromatic nitrogens is 1. The molecule has 2 rings (SSSR count). The molecule has 116 valence electrons. The Morgan fingerprint density at radius 1 is 1.48 bits per heavy atom. The molecule has 3 N–H and O–H groups in total. The van der Waals surface area contributed by atoms with Crippen molar-refractivity contribution in [3.05, 3.63) is 23.4 Å². The molecule has 5 nitrogen and oxygen atoms in total. The van der Waals surface area contributed by atoms with E-state index in [2.05, 4.69) is 38.1 Å². The summed E-state index contributed by atoms with van der Waals surface area (Å²) >= 11 is 0. The van der Waals surface area contributed by atoms with Crippen molar-refractivity contribution in [2.45, 2.75) is 65.0 Å². The predicted molar refractivity (Wildman–Crippen MR) is 85.1 cm³/mol. The van der Waals surface area contributed by atoms with Gasteiger partial charge in [0.25, 0.3) is 5.91 Å². The normalized spacial score (nSPS) is 21.9. The summed E-state index contributed by atoms with van der Waals surface area (Å²) in [6.07, 6.45) is 3.17. The third kappa shape index (κ3) is 3.18. The number of nitrogens with zero attached hydrogens (tertiary/aromatic N) is 2. The molecule has 0 radical (unpaired) electrons. The lowest BCUT2D eigenvalue weighted by Gasteiger charge is -2.28. The number of rotatable bonds is 4. The fourth-order valence-electron chi connectivity index (χ4n) is 3.03. The fraction of sp³-hybridized carbons (Fsp3) is 0.625. The van der Waals surface area contributed by atoms with Gasteiger partial charge in [-0.25, -0.2) is 10.8 Å². The van der Waals surface area contributed by atoms with Crippen molar-refractivity contribution in [1.29, 1.82) is 0 Å². The van der Waals surface area contributed by atoms with Crippen LogP contribution in [0.1, 0.15) is 68.9 Å². The van der Waals surface area contributed by atoms with Crippen molar-refractivity contribution in [1.82, 2.24) is 9.88 Å². The van der Waals surface area contributed by atoms with Gasteiger partial charge in [-0.3, -0.25) is 4.79 Å². The summed E-state index contributed by atoms with van der Waals surface area (Å²) in [5.74, 6) is 6.37. The van der Waals surface area contributed by atoms with Gasteiger partial charge in [0.05, 0.1) is 0 Å². The van der Waals surface area contributed by atoms with Crippen molar-refractivity contribution in [2.75, 3.05) is 5.43 Å². The summed E-state index contributed by atoms with van der Waals surface area (Å²) in [5, 5.41) is 0. The zero-order chi connectivity index (χ0) is 15.6. The smallest absolute Gasteiger partial charge is 0.254 e. The first-order valence-electron chi connectivity index (χ1n) is 7.79. The zero-order valence-electron chi connectivity index (χ0n) is 13.4. The van der Waals surface area contributed by atoms with Gasteiger partial charge in [0.15, 0.2) is 0 Å². The van der Waals surface area contributed by atoms with Gasteiger partial charge in [-0.05, 0) is 44.2 Å². The third-order valence-electron chi connectivity index (χ3n) is 4.32. The first-order chi connectivity index (χ1) is 9.97. The van der Waals surface area contributed by atoms with E-state index in [1.807, 2.05) is 11.0 Å². The van der Waals surface area contributed by atoms with Gasteiger partial charge in [0.2, 0.25) is 0 Å². The molecule has 2 atom stereocenters. The topological polar surface area (TPSA) is 71.2 Å². The summed E-state index contributed by atoms with van der Waals surface area (Å²) in [6, 6.07) is 4.28. The van der Waals surface area contributed by atoms with E-state index < -0.39 is 0 Å². The summed E-state index contributed by atoms with van der Waals surface area (Å²) in [6.45, 7) is 8.39. The molecule has 0 spiro atoms. The Labute approximate surface area is 126 Å². The average Bonchev–Trinajstić information content (AvgIpc) is 2.86. The van der Waals surface area contributed by atoms with Gasteiger partial charge in [-0.1, -0.05) is 20.8 Å². The maximum atomic E-state index is 12.9. The van der Waals surface area contributed by atoms with Crippen LogP contribution >= 0.6 is 0 Å². The molecule has 21 heavy (non-hydrogen) atoms. The van der Waals surface area contributed by atoms with Crippen LogP contribution in [0.2, 0.25) is 0 Å². The number of carbonyl (C=O) groups excluding carboxylic acids is 1. The number of hydrogen-bond donors (Lipinski definition) is 2. The van der Waals surface area contributed by atoms with E-state index >= 15 is 0 Å². The minimum Gasteiger partial charge on any atom is -0.333 e. The van der Waals surface area contributed by atoms with Gasteiger partial charge >= 0.3 is 0 Å². The standard InChI is InChI=1S/C16H26N4O/c1-5-13-7-6-11(4)20(13)16(21)12-8-14(10(2)3)18-15(9-12)19-17/h8-11,13H,5-7,17H2,1-4H3,(H,18,19). The number of nitrogens with two attached hydrogens (primary N) is 1. The molecule has 2 heterocycles. The molecule has 0 saturated carbocycles. The van der Waals surface area contributed by atoms with Crippen LogP contribution in [0.3, 0.4) is 0 Å².